The van der Waals surface area contributed by atoms with E-state index in [2.05, 4.69) is 39.6 Å². The van der Waals surface area contributed by atoms with Gasteiger partial charge in [-0.05, 0) is 103 Å². The summed E-state index contributed by atoms with van der Waals surface area (Å²) in [6, 6.07) is 12.2. The third-order valence-electron chi connectivity index (χ3n) is 8.11. The highest BCUT2D eigenvalue weighted by atomic mass is 16.6. The van der Waals surface area contributed by atoms with Gasteiger partial charge in [0.1, 0.15) is 17.0 Å². The molecule has 4 aromatic rings. The summed E-state index contributed by atoms with van der Waals surface area (Å²) >= 11 is 0. The van der Waals surface area contributed by atoms with E-state index in [1.807, 2.05) is 59.9 Å². The van der Waals surface area contributed by atoms with Crippen molar-refractivity contribution in [2.45, 2.75) is 90.5 Å². The molecule has 2 fully saturated rings. The lowest BCUT2D eigenvalue weighted by Gasteiger charge is -2.28. The maximum atomic E-state index is 12.8. The number of anilines is 1. The van der Waals surface area contributed by atoms with Gasteiger partial charge < -0.3 is 24.7 Å². The number of imidazole rings is 1. The molecule has 0 saturated carbocycles. The van der Waals surface area contributed by atoms with Crippen molar-refractivity contribution in [2.75, 3.05) is 25.0 Å². The first kappa shape index (κ1) is 30.6. The number of carbonyl (C=O) groups is 2. The zero-order valence-electron chi connectivity index (χ0n) is 27.0. The number of benzene rings is 2. The molecule has 0 radical (unpaired) electrons. The van der Waals surface area contributed by atoms with Crippen LogP contribution in [0.2, 0.25) is 0 Å². The fourth-order valence-corrected chi connectivity index (χ4v) is 6.07. The molecule has 2 N–H and O–H groups in total. The normalized spacial score (nSPS) is 19.0. The number of amides is 2. The largest absolute Gasteiger partial charge is 0.444 e. The number of aromatic nitrogens is 4. The number of hydrogen-bond donors (Lipinski definition) is 2. The van der Waals surface area contributed by atoms with Gasteiger partial charge in [0.05, 0.1) is 28.6 Å². The maximum Gasteiger partial charge on any atom is 0.410 e. The predicted molar refractivity (Wildman–Crippen MR) is 174 cm³/mol. The van der Waals surface area contributed by atoms with Gasteiger partial charge in [0, 0.05) is 31.2 Å². The van der Waals surface area contributed by atoms with Crippen molar-refractivity contribution in [1.82, 2.24) is 29.7 Å². The van der Waals surface area contributed by atoms with E-state index in [0.717, 1.165) is 64.6 Å². The van der Waals surface area contributed by atoms with Gasteiger partial charge in [-0.2, -0.15) is 0 Å². The molecule has 0 bridgehead atoms. The van der Waals surface area contributed by atoms with Gasteiger partial charge in [-0.15, -0.1) is 0 Å². The van der Waals surface area contributed by atoms with Crippen molar-refractivity contribution < 1.29 is 19.1 Å². The minimum atomic E-state index is -0.545. The highest BCUT2D eigenvalue weighted by molar-refractivity contribution is 5.87. The van der Waals surface area contributed by atoms with Gasteiger partial charge in [0.2, 0.25) is 5.95 Å². The fourth-order valence-electron chi connectivity index (χ4n) is 6.07. The van der Waals surface area contributed by atoms with Gasteiger partial charge in [0.15, 0.2) is 0 Å². The number of ether oxygens (including phenoxy) is 2. The Morgan fingerprint density at radius 1 is 0.867 bits per heavy atom. The molecule has 0 spiro atoms. The number of carbonyl (C=O) groups excluding carboxylic acids is 2. The van der Waals surface area contributed by atoms with Crippen LogP contribution in [0.15, 0.2) is 42.6 Å². The van der Waals surface area contributed by atoms with Gasteiger partial charge in [-0.1, -0.05) is 12.1 Å². The molecule has 2 aromatic heterocycles. The second-order valence-corrected chi connectivity index (χ2v) is 14.0. The van der Waals surface area contributed by atoms with E-state index in [9.17, 15) is 9.59 Å². The molecule has 11 heteroatoms. The average molecular weight is 614 g/mol. The van der Waals surface area contributed by atoms with Crippen LogP contribution in [0.5, 0.6) is 0 Å². The van der Waals surface area contributed by atoms with Crippen molar-refractivity contribution in [3.05, 3.63) is 48.4 Å². The number of hydrogen-bond acceptors (Lipinski definition) is 8. The van der Waals surface area contributed by atoms with Crippen molar-refractivity contribution in [2.24, 2.45) is 0 Å². The molecule has 11 nitrogen and oxygen atoms in total. The molecular formula is C34H43N7O4. The maximum absolute atomic E-state index is 12.8. The Labute approximate surface area is 263 Å². The lowest BCUT2D eigenvalue weighted by Crippen LogP contribution is -2.42. The van der Waals surface area contributed by atoms with E-state index in [1.54, 1.807) is 9.80 Å². The Bertz CT molecular complexity index is 1720. The number of rotatable bonds is 5. The molecule has 2 saturated heterocycles. The zero-order valence-corrected chi connectivity index (χ0v) is 27.0. The van der Waals surface area contributed by atoms with Crippen molar-refractivity contribution in [3.63, 3.8) is 0 Å². The highest BCUT2D eigenvalue weighted by Crippen LogP contribution is 2.34. The zero-order chi connectivity index (χ0) is 31.9. The van der Waals surface area contributed by atoms with Crippen LogP contribution < -0.4 is 5.32 Å². The Morgan fingerprint density at radius 3 is 2.24 bits per heavy atom. The molecule has 238 valence electrons. The molecule has 4 heterocycles. The lowest BCUT2D eigenvalue weighted by molar-refractivity contribution is 0.0213. The van der Waals surface area contributed by atoms with Gasteiger partial charge >= 0.3 is 12.2 Å². The first-order valence-corrected chi connectivity index (χ1v) is 15.8. The van der Waals surface area contributed by atoms with E-state index in [1.165, 1.54) is 0 Å². The standard InChI is InChI=1S/C34H43N7O4/c1-33(2,3)44-31(42)40-15-7-9-24(40)20-36-30-35-19-23-17-21(11-13-25(23)39-30)22-12-14-26-27(18-22)38-29(37-26)28-10-8-16-41(28)32(43)45-34(4,5)6/h11-14,17-19,24,28H,7-10,15-16,20H2,1-6H3,(H,37,38)(H,35,36,39)/t24-,28-/m0/s1. The molecule has 2 amide bonds. The van der Waals surface area contributed by atoms with Crippen LogP contribution in [0.3, 0.4) is 0 Å². The fraction of sp³-hybridized carbons (Fsp3) is 0.500. The topological polar surface area (TPSA) is 126 Å². The SMILES string of the molecule is CC(C)(C)OC(=O)N1CCC[C@H]1CNc1ncc2cc(-c3ccc4nc([C@@H]5CCCN5C(=O)OC(C)(C)C)[nH]c4c3)ccc2n1. The van der Waals surface area contributed by atoms with Crippen molar-refractivity contribution in [1.29, 1.82) is 0 Å². The molecule has 2 atom stereocenters. The summed E-state index contributed by atoms with van der Waals surface area (Å²) in [5, 5.41) is 4.25. The van der Waals surface area contributed by atoms with E-state index in [-0.39, 0.29) is 24.3 Å². The number of nitrogens with zero attached hydrogens (tertiary/aromatic N) is 5. The van der Waals surface area contributed by atoms with Crippen molar-refractivity contribution >= 4 is 40.1 Å². The van der Waals surface area contributed by atoms with Crippen molar-refractivity contribution in [3.8, 4) is 11.1 Å². The summed E-state index contributed by atoms with van der Waals surface area (Å²) in [6.45, 7) is 13.2. The van der Waals surface area contributed by atoms with Crippen LogP contribution in [0.4, 0.5) is 15.5 Å². The molecule has 6 rings (SSSR count). The molecule has 45 heavy (non-hydrogen) atoms. The van der Waals surface area contributed by atoms with Crippen LogP contribution in [-0.4, -0.2) is 78.8 Å². The Kier molecular flexibility index (Phi) is 8.05. The molecule has 2 aromatic carbocycles. The molecule has 0 aliphatic carbocycles. The summed E-state index contributed by atoms with van der Waals surface area (Å²) in [6.07, 6.45) is 4.86. The number of fused-ring (bicyclic) bond motifs is 2. The lowest BCUT2D eigenvalue weighted by atomic mass is 10.0. The molecule has 0 unspecified atom stereocenters. The molecule has 2 aliphatic rings. The second-order valence-electron chi connectivity index (χ2n) is 14.0. The predicted octanol–water partition coefficient (Wildman–Crippen LogP) is 7.06. The number of H-pyrrole nitrogens is 1. The molecule has 2 aliphatic heterocycles. The first-order valence-electron chi connectivity index (χ1n) is 15.8. The number of nitrogens with one attached hydrogen (secondary N) is 2. The minimum absolute atomic E-state index is 0.0356. The Balaban J connectivity index is 1.14. The number of likely N-dealkylation sites (tertiary alicyclic amines) is 2. The highest BCUT2D eigenvalue weighted by Gasteiger charge is 2.35. The van der Waals surface area contributed by atoms with Gasteiger partial charge in [-0.3, -0.25) is 4.90 Å². The van der Waals surface area contributed by atoms with Gasteiger partial charge in [0.25, 0.3) is 0 Å². The third kappa shape index (κ3) is 6.97. The van der Waals surface area contributed by atoms with Crippen LogP contribution >= 0.6 is 0 Å². The van der Waals surface area contributed by atoms with Crippen LogP contribution in [0.25, 0.3) is 33.1 Å². The van der Waals surface area contributed by atoms with Crippen LogP contribution in [0, 0.1) is 0 Å². The average Bonchev–Trinajstić information content (AvgIpc) is 3.72. The summed E-state index contributed by atoms with van der Waals surface area (Å²) in [4.78, 5) is 46.6. The van der Waals surface area contributed by atoms with Crippen LogP contribution in [0.1, 0.15) is 79.1 Å². The van der Waals surface area contributed by atoms with Gasteiger partial charge in [-0.25, -0.2) is 24.5 Å². The quantitative estimate of drug-likeness (QED) is 0.245. The van der Waals surface area contributed by atoms with E-state index in [4.69, 9.17) is 19.4 Å². The minimum Gasteiger partial charge on any atom is -0.444 e. The van der Waals surface area contributed by atoms with E-state index >= 15 is 0 Å². The number of aromatic amines is 1. The van der Waals surface area contributed by atoms with E-state index < -0.39 is 11.2 Å². The second kappa shape index (κ2) is 11.8. The smallest absolute Gasteiger partial charge is 0.410 e. The first-order chi connectivity index (χ1) is 21.3. The summed E-state index contributed by atoms with van der Waals surface area (Å²) < 4.78 is 11.2. The Hall–Kier alpha value is -4.41. The summed E-state index contributed by atoms with van der Waals surface area (Å²) in [7, 11) is 0. The summed E-state index contributed by atoms with van der Waals surface area (Å²) in [5.41, 5.74) is 3.63. The molecular weight excluding hydrogens is 570 g/mol. The van der Waals surface area contributed by atoms with Crippen LogP contribution in [-0.2, 0) is 9.47 Å². The van der Waals surface area contributed by atoms with E-state index in [0.29, 0.717) is 25.6 Å². The monoisotopic (exact) mass is 613 g/mol. The third-order valence-corrected chi connectivity index (χ3v) is 8.11. The summed E-state index contributed by atoms with van der Waals surface area (Å²) in [5.74, 6) is 1.31. The Morgan fingerprint density at radius 2 is 1.51 bits per heavy atom.